The minimum atomic E-state index is -0.832. The van der Waals surface area contributed by atoms with Gasteiger partial charge in [0.1, 0.15) is 11.8 Å². The van der Waals surface area contributed by atoms with E-state index in [4.69, 9.17) is 4.74 Å². The standard InChI is InChI=1S/C50H65N3O6/c1-30-25-44-46(33(4)50(59-44)22-20-39-40-17-16-37-27-38(55)19-21-49(37,5)42(40)28-41(39)32(50)3)53(29-30)24-23-51-48(58)43(52-45(56)18-11-31(2)54)26-34-12-14-36(15-13-34)47(57)35-9-7-6-8-10-35/h6-10,12-16,30,33,38-40,42-44,46,55H,11,17-29H2,1-5H3,(H,51,58)(H,52,56)/t30-,33+,38-,39-,40-,42-,43?,44+,46-,49-,50-/m0/s1. The van der Waals surface area contributed by atoms with Crippen molar-refractivity contribution in [3.05, 3.63) is 94.1 Å². The van der Waals surface area contributed by atoms with Crippen molar-refractivity contribution in [2.75, 3.05) is 19.6 Å². The molecule has 9 heteroatoms. The number of aliphatic hydroxyl groups excluding tert-OH is 1. The van der Waals surface area contributed by atoms with Gasteiger partial charge >= 0.3 is 0 Å². The molecule has 4 fully saturated rings. The van der Waals surface area contributed by atoms with Crippen molar-refractivity contribution in [1.82, 2.24) is 15.5 Å². The van der Waals surface area contributed by atoms with Crippen LogP contribution < -0.4 is 10.6 Å². The molecular formula is C50H65N3O6. The number of carbonyl (C=O) groups excluding carboxylic acids is 4. The lowest BCUT2D eigenvalue weighted by molar-refractivity contribution is -0.129. The van der Waals surface area contributed by atoms with Gasteiger partial charge in [-0.25, -0.2) is 0 Å². The molecule has 2 aliphatic heterocycles. The van der Waals surface area contributed by atoms with Crippen LogP contribution in [0.3, 0.4) is 0 Å². The van der Waals surface area contributed by atoms with E-state index in [0.29, 0.717) is 53.8 Å². The van der Waals surface area contributed by atoms with Crippen LogP contribution in [0.4, 0.5) is 0 Å². The highest BCUT2D eigenvalue weighted by atomic mass is 16.5. The van der Waals surface area contributed by atoms with Crippen LogP contribution in [0.2, 0.25) is 0 Å². The molecule has 316 valence electrons. The molecule has 1 unspecified atom stereocenters. The Kier molecular flexibility index (Phi) is 11.9. The number of likely N-dealkylation sites (tertiary alicyclic amines) is 1. The van der Waals surface area contributed by atoms with Gasteiger partial charge in [0.05, 0.1) is 17.8 Å². The molecule has 2 aromatic rings. The van der Waals surface area contributed by atoms with E-state index >= 15 is 0 Å². The van der Waals surface area contributed by atoms with Gasteiger partial charge in [0, 0.05) is 62.0 Å². The number of carbonyl (C=O) groups is 4. The summed E-state index contributed by atoms with van der Waals surface area (Å²) in [7, 11) is 0. The highest BCUT2D eigenvalue weighted by Crippen LogP contribution is 2.65. The fourth-order valence-electron chi connectivity index (χ4n) is 12.7. The number of nitrogens with one attached hydrogen (secondary N) is 2. The molecule has 4 aliphatic carbocycles. The van der Waals surface area contributed by atoms with Gasteiger partial charge in [-0.2, -0.15) is 0 Å². The summed E-state index contributed by atoms with van der Waals surface area (Å²) in [6.45, 7) is 13.1. The maximum absolute atomic E-state index is 13.9. The third kappa shape index (κ3) is 8.04. The average molecular weight is 804 g/mol. The van der Waals surface area contributed by atoms with E-state index in [1.807, 2.05) is 30.3 Å². The third-order valence-corrected chi connectivity index (χ3v) is 15.8. The van der Waals surface area contributed by atoms with E-state index in [2.05, 4.69) is 49.3 Å². The predicted octanol–water partition coefficient (Wildman–Crippen LogP) is 7.16. The summed E-state index contributed by atoms with van der Waals surface area (Å²) in [4.78, 5) is 54.0. The zero-order valence-electron chi connectivity index (χ0n) is 35.8. The first-order chi connectivity index (χ1) is 28.3. The maximum Gasteiger partial charge on any atom is 0.242 e. The van der Waals surface area contributed by atoms with Gasteiger partial charge in [-0.3, -0.25) is 19.3 Å². The van der Waals surface area contributed by atoms with Gasteiger partial charge in [0.25, 0.3) is 0 Å². The lowest BCUT2D eigenvalue weighted by atomic mass is 9.56. The number of amides is 2. The van der Waals surface area contributed by atoms with Crippen LogP contribution in [0.15, 0.2) is 77.4 Å². The molecule has 59 heavy (non-hydrogen) atoms. The van der Waals surface area contributed by atoms with E-state index in [1.165, 1.54) is 24.5 Å². The molecule has 6 aliphatic rings. The molecule has 1 spiro atoms. The second-order valence-corrected chi connectivity index (χ2v) is 19.4. The summed E-state index contributed by atoms with van der Waals surface area (Å²) < 4.78 is 7.36. The van der Waals surface area contributed by atoms with Crippen molar-refractivity contribution in [1.29, 1.82) is 0 Å². The number of fused-ring (bicyclic) bond motifs is 6. The van der Waals surface area contributed by atoms with Crippen molar-refractivity contribution in [2.24, 2.45) is 35.0 Å². The van der Waals surface area contributed by atoms with Gasteiger partial charge in [-0.15, -0.1) is 0 Å². The smallest absolute Gasteiger partial charge is 0.242 e. The van der Waals surface area contributed by atoms with E-state index < -0.39 is 6.04 Å². The predicted molar refractivity (Wildman–Crippen MR) is 228 cm³/mol. The number of benzene rings is 2. The number of aliphatic hydroxyl groups is 1. The van der Waals surface area contributed by atoms with Crippen LogP contribution >= 0.6 is 0 Å². The minimum Gasteiger partial charge on any atom is -0.393 e. The molecular weight excluding hydrogens is 739 g/mol. The number of piperidine rings is 1. The van der Waals surface area contributed by atoms with Crippen LogP contribution in [0, 0.1) is 35.0 Å². The summed E-state index contributed by atoms with van der Waals surface area (Å²) in [5.41, 5.74) is 6.57. The van der Waals surface area contributed by atoms with Gasteiger partial charge in [-0.1, -0.05) is 92.6 Å². The first kappa shape index (κ1) is 41.8. The Labute approximate surface area is 350 Å². The molecule has 11 atom stereocenters. The minimum absolute atomic E-state index is 0.0248. The van der Waals surface area contributed by atoms with E-state index in [0.717, 1.165) is 57.1 Å². The Morgan fingerprint density at radius 3 is 2.46 bits per heavy atom. The normalized spacial score (nSPS) is 34.2. The second kappa shape index (κ2) is 16.9. The van der Waals surface area contributed by atoms with E-state index in [1.54, 1.807) is 29.8 Å². The number of ketones is 2. The zero-order chi connectivity index (χ0) is 41.6. The van der Waals surface area contributed by atoms with Gasteiger partial charge < -0.3 is 25.3 Å². The van der Waals surface area contributed by atoms with E-state index in [-0.39, 0.29) is 71.9 Å². The monoisotopic (exact) mass is 803 g/mol. The number of rotatable bonds is 12. The third-order valence-electron chi connectivity index (χ3n) is 15.8. The van der Waals surface area contributed by atoms with Gasteiger partial charge in [-0.05, 0) is 105 Å². The van der Waals surface area contributed by atoms with Gasteiger partial charge in [0.15, 0.2) is 5.78 Å². The van der Waals surface area contributed by atoms with Crippen molar-refractivity contribution in [3.63, 3.8) is 0 Å². The quantitative estimate of drug-likeness (QED) is 0.154. The Morgan fingerprint density at radius 2 is 1.71 bits per heavy atom. The molecule has 9 nitrogen and oxygen atoms in total. The number of nitrogens with zero attached hydrogens (tertiary/aromatic N) is 1. The Morgan fingerprint density at radius 1 is 0.966 bits per heavy atom. The van der Waals surface area contributed by atoms with E-state index in [9.17, 15) is 24.3 Å². The van der Waals surface area contributed by atoms with Gasteiger partial charge in [0.2, 0.25) is 11.8 Å². The summed E-state index contributed by atoms with van der Waals surface area (Å²) >= 11 is 0. The van der Waals surface area contributed by atoms with Crippen LogP contribution in [0.25, 0.3) is 0 Å². The Bertz CT molecular complexity index is 1990. The molecule has 0 radical (unpaired) electrons. The average Bonchev–Trinajstić information content (AvgIpc) is 3.75. The number of allylic oxidation sites excluding steroid dienone is 2. The highest BCUT2D eigenvalue weighted by Gasteiger charge is 2.61. The zero-order valence-corrected chi connectivity index (χ0v) is 35.8. The number of hydrogen-bond donors (Lipinski definition) is 3. The molecule has 2 saturated carbocycles. The summed E-state index contributed by atoms with van der Waals surface area (Å²) in [5, 5.41) is 16.6. The van der Waals surface area contributed by atoms with Crippen LogP contribution in [0.5, 0.6) is 0 Å². The van der Waals surface area contributed by atoms with Crippen LogP contribution in [-0.2, 0) is 25.5 Å². The first-order valence-electron chi connectivity index (χ1n) is 22.5. The fourth-order valence-corrected chi connectivity index (χ4v) is 12.7. The largest absolute Gasteiger partial charge is 0.393 e. The Balaban J connectivity index is 0.938. The summed E-state index contributed by atoms with van der Waals surface area (Å²) in [5.74, 6) is 1.98. The summed E-state index contributed by atoms with van der Waals surface area (Å²) in [6, 6.07) is 15.8. The molecule has 2 heterocycles. The van der Waals surface area contributed by atoms with Crippen LogP contribution in [0.1, 0.15) is 120 Å². The number of ether oxygens (including phenoxy) is 1. The maximum atomic E-state index is 13.9. The van der Waals surface area contributed by atoms with Crippen molar-refractivity contribution < 1.29 is 29.0 Å². The van der Waals surface area contributed by atoms with Crippen molar-refractivity contribution in [3.8, 4) is 0 Å². The van der Waals surface area contributed by atoms with Crippen molar-refractivity contribution >= 4 is 23.4 Å². The fraction of sp³-hybridized carbons (Fsp3) is 0.600. The SMILES string of the molecule is CC(=O)CCC(=O)NC(Cc1ccc(C(=O)c2ccccc2)cc1)C(=O)NCCN1C[C@@H](C)C[C@H]2O[C@]3(CC[C@@H]4C(=C3C)C[C@H]3[C@H]4CC=C4C[C@@H](O)CC[C@@]43C)[C@H](C)[C@@H]21. The van der Waals surface area contributed by atoms with Crippen LogP contribution in [-0.4, -0.2) is 82.9 Å². The lowest BCUT2D eigenvalue weighted by Gasteiger charge is -2.49. The number of Topliss-reactive ketones (excluding diaryl/α,β-unsaturated/α-hetero) is 1. The molecule has 0 aromatic heterocycles. The number of hydrogen-bond acceptors (Lipinski definition) is 7. The molecule has 2 aromatic carbocycles. The molecule has 2 saturated heterocycles. The summed E-state index contributed by atoms with van der Waals surface area (Å²) in [6.07, 6.45) is 11.3. The molecule has 2 amide bonds. The first-order valence-corrected chi connectivity index (χ1v) is 22.5. The molecule has 8 rings (SSSR count). The molecule has 3 N–H and O–H groups in total. The highest BCUT2D eigenvalue weighted by molar-refractivity contribution is 6.09. The topological polar surface area (TPSA) is 125 Å². The Hall–Kier alpha value is -3.92. The lowest BCUT2D eigenvalue weighted by Crippen LogP contribution is -2.55. The second-order valence-electron chi connectivity index (χ2n) is 19.4. The molecule has 0 bridgehead atoms. The van der Waals surface area contributed by atoms with Crippen molar-refractivity contribution in [2.45, 2.75) is 135 Å².